The van der Waals surface area contributed by atoms with E-state index in [0.717, 1.165) is 15.7 Å². The third kappa shape index (κ3) is 2.78. The zero-order valence-corrected chi connectivity index (χ0v) is 11.8. The van der Waals surface area contributed by atoms with Gasteiger partial charge < -0.3 is 15.7 Å². The summed E-state index contributed by atoms with van der Waals surface area (Å²) in [7, 11) is 0. The zero-order valence-electron chi connectivity index (χ0n) is 9.40. The number of halogens is 1. The second-order valence-electron chi connectivity index (χ2n) is 4.15. The van der Waals surface area contributed by atoms with E-state index in [-0.39, 0.29) is 6.61 Å². The Balaban J connectivity index is 2.41. The van der Waals surface area contributed by atoms with Crippen molar-refractivity contribution in [3.8, 4) is 0 Å². The summed E-state index contributed by atoms with van der Waals surface area (Å²) in [5, 5.41) is 9.16. The summed E-state index contributed by atoms with van der Waals surface area (Å²) in [5.41, 5.74) is 7.66. The van der Waals surface area contributed by atoms with E-state index in [9.17, 15) is 0 Å². The van der Waals surface area contributed by atoms with Gasteiger partial charge in [-0.2, -0.15) is 0 Å². The second-order valence-corrected chi connectivity index (χ2v) is 5.44. The number of rotatable bonds is 5. The topological polar surface area (TPSA) is 49.5 Å². The molecule has 0 radical (unpaired) electrons. The smallest absolute Gasteiger partial charge is 0.107 e. The molecular formula is C12H15BrN2OS. The van der Waals surface area contributed by atoms with Crippen molar-refractivity contribution in [2.24, 2.45) is 5.73 Å². The Morgan fingerprint density at radius 2 is 2.24 bits per heavy atom. The van der Waals surface area contributed by atoms with Gasteiger partial charge in [-0.15, -0.1) is 0 Å². The van der Waals surface area contributed by atoms with Crippen molar-refractivity contribution >= 4 is 38.8 Å². The summed E-state index contributed by atoms with van der Waals surface area (Å²) in [6, 6.07) is 6.42. The molecule has 5 heteroatoms. The van der Waals surface area contributed by atoms with Crippen LogP contribution in [0.2, 0.25) is 0 Å². The Hall–Kier alpha value is -0.650. The maximum atomic E-state index is 9.16. The first kappa shape index (κ1) is 12.8. The minimum atomic E-state index is 0.139. The predicted molar refractivity (Wildman–Crippen MR) is 77.5 cm³/mol. The van der Waals surface area contributed by atoms with Crippen molar-refractivity contribution < 1.29 is 5.11 Å². The molecular weight excluding hydrogens is 300 g/mol. The summed E-state index contributed by atoms with van der Waals surface area (Å²) in [4.78, 5) is 2.58. The summed E-state index contributed by atoms with van der Waals surface area (Å²) < 4.78 is 0.908. The van der Waals surface area contributed by atoms with Gasteiger partial charge in [0, 0.05) is 28.3 Å². The summed E-state index contributed by atoms with van der Waals surface area (Å²) >= 11 is 8.59. The molecule has 0 aromatic heterocycles. The van der Waals surface area contributed by atoms with Crippen LogP contribution in [0.15, 0.2) is 22.7 Å². The molecule has 0 aliphatic heterocycles. The number of hydrogen-bond acceptors (Lipinski definition) is 3. The van der Waals surface area contributed by atoms with Gasteiger partial charge in [0.2, 0.25) is 0 Å². The molecule has 3 N–H and O–H groups in total. The number of benzene rings is 1. The Kier molecular flexibility index (Phi) is 4.01. The van der Waals surface area contributed by atoms with Gasteiger partial charge in [-0.3, -0.25) is 0 Å². The molecule has 0 spiro atoms. The third-order valence-electron chi connectivity index (χ3n) is 2.88. The van der Waals surface area contributed by atoms with E-state index >= 15 is 0 Å². The maximum Gasteiger partial charge on any atom is 0.107 e. The maximum absolute atomic E-state index is 9.16. The summed E-state index contributed by atoms with van der Waals surface area (Å²) in [5.74, 6) is 0. The van der Waals surface area contributed by atoms with E-state index < -0.39 is 0 Å². The van der Waals surface area contributed by atoms with Crippen molar-refractivity contribution in [2.45, 2.75) is 18.9 Å². The highest BCUT2D eigenvalue weighted by Crippen LogP contribution is 2.35. The van der Waals surface area contributed by atoms with Gasteiger partial charge in [-0.25, -0.2) is 0 Å². The van der Waals surface area contributed by atoms with E-state index in [4.69, 9.17) is 23.1 Å². The fraction of sp³-hybridized carbons (Fsp3) is 0.417. The molecule has 1 saturated carbocycles. The molecule has 3 nitrogen and oxygen atoms in total. The lowest BCUT2D eigenvalue weighted by Gasteiger charge is -2.26. The number of nitrogens with two attached hydrogens (primary N) is 1. The third-order valence-corrected chi connectivity index (χ3v) is 3.74. The number of hydrogen-bond donors (Lipinski definition) is 2. The Bertz CT molecular complexity index is 435. The lowest BCUT2D eigenvalue weighted by atomic mass is 10.1. The van der Waals surface area contributed by atoms with Gasteiger partial charge >= 0.3 is 0 Å². The molecule has 0 atom stereocenters. The van der Waals surface area contributed by atoms with Crippen LogP contribution < -0.4 is 10.6 Å². The SMILES string of the molecule is NC(=S)c1c(Br)cccc1N(CCO)C1CC1. The van der Waals surface area contributed by atoms with Crippen LogP contribution in [-0.2, 0) is 0 Å². The number of thiocarbonyl (C=S) groups is 1. The first-order valence-corrected chi connectivity index (χ1v) is 6.81. The van der Waals surface area contributed by atoms with Gasteiger partial charge in [-0.05, 0) is 40.9 Å². The van der Waals surface area contributed by atoms with Gasteiger partial charge in [0.05, 0.1) is 6.61 Å². The summed E-state index contributed by atoms with van der Waals surface area (Å²) in [6.07, 6.45) is 2.34. The average molecular weight is 315 g/mol. The second kappa shape index (κ2) is 5.33. The van der Waals surface area contributed by atoms with Crippen LogP contribution in [0.4, 0.5) is 5.69 Å². The van der Waals surface area contributed by atoms with Crippen LogP contribution in [0.1, 0.15) is 18.4 Å². The minimum Gasteiger partial charge on any atom is -0.395 e. The summed E-state index contributed by atoms with van der Waals surface area (Å²) in [6.45, 7) is 0.760. The Labute approximate surface area is 115 Å². The van der Waals surface area contributed by atoms with Gasteiger partial charge in [0.1, 0.15) is 4.99 Å². The van der Waals surface area contributed by atoms with E-state index in [2.05, 4.69) is 20.8 Å². The monoisotopic (exact) mass is 314 g/mol. The van der Waals surface area contributed by atoms with Crippen molar-refractivity contribution in [3.63, 3.8) is 0 Å². The fourth-order valence-corrected chi connectivity index (χ4v) is 2.90. The van der Waals surface area contributed by atoms with Crippen LogP contribution in [0.5, 0.6) is 0 Å². The Morgan fingerprint density at radius 3 is 2.76 bits per heavy atom. The molecule has 1 aliphatic carbocycles. The molecule has 17 heavy (non-hydrogen) atoms. The van der Waals surface area contributed by atoms with Crippen LogP contribution in [0, 0.1) is 0 Å². The molecule has 0 saturated heterocycles. The van der Waals surface area contributed by atoms with Crippen LogP contribution in [0.3, 0.4) is 0 Å². The number of nitrogens with zero attached hydrogens (tertiary/aromatic N) is 1. The zero-order chi connectivity index (χ0) is 12.4. The molecule has 0 amide bonds. The van der Waals surface area contributed by atoms with E-state index in [1.807, 2.05) is 18.2 Å². The highest BCUT2D eigenvalue weighted by molar-refractivity contribution is 9.10. The molecule has 1 aromatic rings. The van der Waals surface area contributed by atoms with E-state index in [1.54, 1.807) is 0 Å². The number of anilines is 1. The van der Waals surface area contributed by atoms with Gasteiger partial charge in [0.25, 0.3) is 0 Å². The highest BCUT2D eigenvalue weighted by Gasteiger charge is 2.30. The van der Waals surface area contributed by atoms with E-state index in [1.165, 1.54) is 12.8 Å². The standard InChI is InChI=1S/C12H15BrN2OS/c13-9-2-1-3-10(11(9)12(14)17)15(6-7-16)8-4-5-8/h1-3,8,16H,4-7H2,(H2,14,17). The van der Waals surface area contributed by atoms with Crippen LogP contribution >= 0.6 is 28.1 Å². The molecule has 2 rings (SSSR count). The number of aliphatic hydroxyl groups excluding tert-OH is 1. The van der Waals surface area contributed by atoms with Gasteiger partial charge in [0.15, 0.2) is 0 Å². The van der Waals surface area contributed by atoms with Crippen molar-refractivity contribution in [3.05, 3.63) is 28.2 Å². The van der Waals surface area contributed by atoms with Crippen molar-refractivity contribution in [1.29, 1.82) is 0 Å². The molecule has 92 valence electrons. The normalized spacial score (nSPS) is 14.7. The lowest BCUT2D eigenvalue weighted by Crippen LogP contribution is -2.31. The molecule has 0 heterocycles. The van der Waals surface area contributed by atoms with Crippen LogP contribution in [0.25, 0.3) is 0 Å². The first-order chi connectivity index (χ1) is 8.15. The fourth-order valence-electron chi connectivity index (χ4n) is 1.99. The van der Waals surface area contributed by atoms with E-state index in [0.29, 0.717) is 17.6 Å². The molecule has 1 fully saturated rings. The lowest BCUT2D eigenvalue weighted by molar-refractivity contribution is 0.301. The first-order valence-electron chi connectivity index (χ1n) is 5.61. The number of aliphatic hydroxyl groups is 1. The molecule has 0 bridgehead atoms. The molecule has 1 aromatic carbocycles. The van der Waals surface area contributed by atoms with Crippen LogP contribution in [-0.4, -0.2) is 29.3 Å². The quantitative estimate of drug-likeness (QED) is 0.817. The highest BCUT2D eigenvalue weighted by atomic mass is 79.9. The molecule has 0 unspecified atom stereocenters. The van der Waals surface area contributed by atoms with Crippen molar-refractivity contribution in [2.75, 3.05) is 18.1 Å². The largest absolute Gasteiger partial charge is 0.395 e. The average Bonchev–Trinajstić information content (AvgIpc) is 3.08. The van der Waals surface area contributed by atoms with Crippen molar-refractivity contribution in [1.82, 2.24) is 0 Å². The minimum absolute atomic E-state index is 0.139. The predicted octanol–water partition coefficient (Wildman–Crippen LogP) is 2.04. The molecule has 1 aliphatic rings. The van der Waals surface area contributed by atoms with Gasteiger partial charge in [-0.1, -0.05) is 18.3 Å². The Morgan fingerprint density at radius 1 is 1.53 bits per heavy atom.